The molecule has 0 radical (unpaired) electrons. The zero-order valence-corrected chi connectivity index (χ0v) is 16.6. The van der Waals surface area contributed by atoms with Crippen LogP contribution in [0, 0.1) is 6.92 Å². The molecule has 0 fully saturated rings. The Labute approximate surface area is 160 Å². The van der Waals surface area contributed by atoms with E-state index in [4.69, 9.17) is 21.1 Å². The van der Waals surface area contributed by atoms with Gasteiger partial charge in [-0.2, -0.15) is 4.99 Å². The predicted octanol–water partition coefficient (Wildman–Crippen LogP) is 3.89. The van der Waals surface area contributed by atoms with Crippen LogP contribution in [-0.4, -0.2) is 24.7 Å². The van der Waals surface area contributed by atoms with E-state index in [9.17, 15) is 4.79 Å². The van der Waals surface area contributed by atoms with Crippen LogP contribution in [0.25, 0.3) is 10.2 Å². The van der Waals surface area contributed by atoms with Gasteiger partial charge in [0.25, 0.3) is 5.91 Å². The molecule has 0 saturated heterocycles. The molecule has 5 nitrogen and oxygen atoms in total. The molecule has 0 aliphatic rings. The number of rotatable bonds is 4. The van der Waals surface area contributed by atoms with Gasteiger partial charge in [0.1, 0.15) is 11.5 Å². The van der Waals surface area contributed by atoms with E-state index in [2.05, 4.69) is 4.99 Å². The number of hydrogen-bond acceptors (Lipinski definition) is 4. The molecule has 0 bridgehead atoms. The van der Waals surface area contributed by atoms with Crippen molar-refractivity contribution < 1.29 is 14.3 Å². The van der Waals surface area contributed by atoms with E-state index in [1.807, 2.05) is 36.7 Å². The third-order valence-corrected chi connectivity index (χ3v) is 5.75. The van der Waals surface area contributed by atoms with Gasteiger partial charge in [-0.15, -0.1) is 0 Å². The van der Waals surface area contributed by atoms with E-state index >= 15 is 0 Å². The standard InChI is InChI=1S/C19H19ClN2O3S/c1-11-5-8-14(20)18-17(11)22(2)19(26-18)21-16(23)9-12-6-7-13(24-3)10-15(12)25-4/h5-8,10H,9H2,1-4H3. The summed E-state index contributed by atoms with van der Waals surface area (Å²) in [6.45, 7) is 2.01. The molecule has 0 atom stereocenters. The summed E-state index contributed by atoms with van der Waals surface area (Å²) in [5, 5.41) is 0.664. The summed E-state index contributed by atoms with van der Waals surface area (Å²) >= 11 is 7.70. The molecule has 7 heteroatoms. The maximum atomic E-state index is 12.5. The smallest absolute Gasteiger partial charge is 0.252 e. The number of ether oxygens (including phenoxy) is 2. The number of halogens is 1. The molecule has 136 valence electrons. The summed E-state index contributed by atoms with van der Waals surface area (Å²) in [5.74, 6) is 1.04. The van der Waals surface area contributed by atoms with Crippen LogP contribution in [0.5, 0.6) is 11.5 Å². The number of carbonyl (C=O) groups is 1. The number of thiazole rings is 1. The number of fused-ring (bicyclic) bond motifs is 1. The molecule has 0 spiro atoms. The molecule has 1 aromatic heterocycles. The van der Waals surface area contributed by atoms with Crippen LogP contribution >= 0.6 is 22.9 Å². The molecule has 1 heterocycles. The number of aryl methyl sites for hydroxylation is 2. The molecule has 0 aliphatic heterocycles. The molecule has 0 N–H and O–H groups in total. The maximum Gasteiger partial charge on any atom is 0.252 e. The van der Waals surface area contributed by atoms with Crippen molar-refractivity contribution in [3.63, 3.8) is 0 Å². The van der Waals surface area contributed by atoms with E-state index in [-0.39, 0.29) is 12.3 Å². The summed E-state index contributed by atoms with van der Waals surface area (Å²) in [4.78, 5) is 17.4. The van der Waals surface area contributed by atoms with Crippen LogP contribution in [0.4, 0.5) is 0 Å². The Balaban J connectivity index is 1.98. The fourth-order valence-corrected chi connectivity index (χ4v) is 4.21. The van der Waals surface area contributed by atoms with E-state index in [1.165, 1.54) is 11.3 Å². The highest BCUT2D eigenvalue weighted by atomic mass is 35.5. The first-order valence-corrected chi connectivity index (χ1v) is 9.17. The molecular formula is C19H19ClN2O3S. The van der Waals surface area contributed by atoms with Gasteiger partial charge < -0.3 is 14.0 Å². The minimum atomic E-state index is -0.246. The van der Waals surface area contributed by atoms with Crippen molar-refractivity contribution in [2.45, 2.75) is 13.3 Å². The Morgan fingerprint density at radius 2 is 2.00 bits per heavy atom. The summed E-state index contributed by atoms with van der Waals surface area (Å²) in [6.07, 6.45) is 0.147. The Kier molecular flexibility index (Phi) is 5.34. The Morgan fingerprint density at radius 1 is 1.23 bits per heavy atom. The number of methoxy groups -OCH3 is 2. The lowest BCUT2D eigenvalue weighted by Crippen LogP contribution is -2.14. The second kappa shape index (κ2) is 7.51. The molecule has 3 rings (SSSR count). The minimum absolute atomic E-state index is 0.147. The fraction of sp³-hybridized carbons (Fsp3) is 0.263. The number of carbonyl (C=O) groups excluding carboxylic acids is 1. The van der Waals surface area contributed by atoms with Crippen molar-refractivity contribution in [2.24, 2.45) is 12.0 Å². The van der Waals surface area contributed by atoms with Gasteiger partial charge in [0.05, 0.1) is 35.9 Å². The normalized spacial score (nSPS) is 11.8. The predicted molar refractivity (Wildman–Crippen MR) is 104 cm³/mol. The van der Waals surface area contributed by atoms with Crippen LogP contribution in [-0.2, 0) is 18.3 Å². The third-order valence-electron chi connectivity index (χ3n) is 4.16. The summed E-state index contributed by atoms with van der Waals surface area (Å²) < 4.78 is 13.4. The highest BCUT2D eigenvalue weighted by Gasteiger charge is 2.12. The van der Waals surface area contributed by atoms with E-state index in [0.717, 1.165) is 21.3 Å². The van der Waals surface area contributed by atoms with Crippen molar-refractivity contribution >= 4 is 39.1 Å². The monoisotopic (exact) mass is 390 g/mol. The second-order valence-corrected chi connectivity index (χ2v) is 7.23. The molecular weight excluding hydrogens is 372 g/mol. The van der Waals surface area contributed by atoms with Gasteiger partial charge in [-0.1, -0.05) is 35.1 Å². The van der Waals surface area contributed by atoms with Gasteiger partial charge in [0.2, 0.25) is 0 Å². The summed E-state index contributed by atoms with van der Waals surface area (Å²) in [6, 6.07) is 9.20. The lowest BCUT2D eigenvalue weighted by molar-refractivity contribution is -0.117. The molecule has 2 aromatic carbocycles. The van der Waals surface area contributed by atoms with Crippen molar-refractivity contribution in [3.8, 4) is 11.5 Å². The van der Waals surface area contributed by atoms with Gasteiger partial charge in [0, 0.05) is 18.7 Å². The number of nitrogens with zero attached hydrogens (tertiary/aromatic N) is 2. The van der Waals surface area contributed by atoms with Gasteiger partial charge in [-0.05, 0) is 24.6 Å². The summed E-state index contributed by atoms with van der Waals surface area (Å²) in [7, 11) is 5.04. The molecule has 1 amide bonds. The molecule has 0 saturated carbocycles. The minimum Gasteiger partial charge on any atom is -0.497 e. The SMILES string of the molecule is COc1ccc(CC(=O)N=c2sc3c(Cl)ccc(C)c3n2C)c(OC)c1. The van der Waals surface area contributed by atoms with Gasteiger partial charge in [-0.3, -0.25) is 4.79 Å². The quantitative estimate of drug-likeness (QED) is 0.679. The van der Waals surface area contributed by atoms with Gasteiger partial charge in [-0.25, -0.2) is 0 Å². The zero-order valence-electron chi connectivity index (χ0n) is 15.0. The van der Waals surface area contributed by atoms with Crippen molar-refractivity contribution in [1.82, 2.24) is 4.57 Å². The van der Waals surface area contributed by atoms with Crippen LogP contribution in [0.1, 0.15) is 11.1 Å². The van der Waals surface area contributed by atoms with E-state index in [1.54, 1.807) is 26.4 Å². The number of amides is 1. The maximum absolute atomic E-state index is 12.5. The van der Waals surface area contributed by atoms with Crippen LogP contribution in [0.15, 0.2) is 35.3 Å². The molecule has 0 aliphatic carbocycles. The first-order chi connectivity index (χ1) is 12.4. The fourth-order valence-electron chi connectivity index (χ4n) is 2.82. The van der Waals surface area contributed by atoms with Crippen molar-refractivity contribution in [3.05, 3.63) is 51.3 Å². The number of aromatic nitrogens is 1. The Hall–Kier alpha value is -2.31. The number of hydrogen-bond donors (Lipinski definition) is 0. The summed E-state index contributed by atoms with van der Waals surface area (Å²) in [5.41, 5.74) is 2.85. The highest BCUT2D eigenvalue weighted by molar-refractivity contribution is 7.17. The van der Waals surface area contributed by atoms with Crippen LogP contribution in [0.2, 0.25) is 5.02 Å². The average Bonchev–Trinajstić information content (AvgIpc) is 2.96. The molecule has 26 heavy (non-hydrogen) atoms. The molecule has 3 aromatic rings. The zero-order chi connectivity index (χ0) is 18.8. The first kappa shape index (κ1) is 18.5. The van der Waals surface area contributed by atoms with Crippen LogP contribution in [0.3, 0.4) is 0 Å². The Morgan fingerprint density at radius 3 is 2.65 bits per heavy atom. The molecule has 0 unspecified atom stereocenters. The average molecular weight is 391 g/mol. The Bertz CT molecular complexity index is 1050. The van der Waals surface area contributed by atoms with Crippen LogP contribution < -0.4 is 14.3 Å². The largest absolute Gasteiger partial charge is 0.497 e. The van der Waals surface area contributed by atoms with Gasteiger partial charge in [0.15, 0.2) is 4.80 Å². The van der Waals surface area contributed by atoms with E-state index < -0.39 is 0 Å². The highest BCUT2D eigenvalue weighted by Crippen LogP contribution is 2.28. The third kappa shape index (κ3) is 3.48. The van der Waals surface area contributed by atoms with E-state index in [0.29, 0.717) is 21.3 Å². The van der Waals surface area contributed by atoms with Gasteiger partial charge >= 0.3 is 0 Å². The van der Waals surface area contributed by atoms with Crippen molar-refractivity contribution in [1.29, 1.82) is 0 Å². The lowest BCUT2D eigenvalue weighted by Gasteiger charge is -2.08. The second-order valence-electron chi connectivity index (χ2n) is 5.85. The number of benzene rings is 2. The lowest BCUT2D eigenvalue weighted by atomic mass is 10.1. The topological polar surface area (TPSA) is 52.8 Å². The van der Waals surface area contributed by atoms with Crippen molar-refractivity contribution in [2.75, 3.05) is 14.2 Å². The first-order valence-electron chi connectivity index (χ1n) is 7.97.